The number of nitrogens with two attached hydrogens (primary N) is 1. The maximum absolute atomic E-state index is 11.9. The van der Waals surface area contributed by atoms with Gasteiger partial charge in [0.1, 0.15) is 6.61 Å². The Morgan fingerprint density at radius 3 is 2.50 bits per heavy atom. The van der Waals surface area contributed by atoms with E-state index in [1.165, 1.54) is 6.92 Å². The van der Waals surface area contributed by atoms with Crippen molar-refractivity contribution in [2.24, 2.45) is 11.7 Å². The van der Waals surface area contributed by atoms with Gasteiger partial charge in [0.2, 0.25) is 5.91 Å². The quantitative estimate of drug-likeness (QED) is 0.748. The van der Waals surface area contributed by atoms with E-state index in [1.54, 1.807) is 12.1 Å². The lowest BCUT2D eigenvalue weighted by atomic mass is 10.0. The molecule has 0 bridgehead atoms. The summed E-state index contributed by atoms with van der Waals surface area (Å²) >= 11 is 0. The van der Waals surface area contributed by atoms with Crippen molar-refractivity contribution in [2.75, 3.05) is 11.9 Å². The molecule has 1 aromatic rings. The van der Waals surface area contributed by atoms with Crippen molar-refractivity contribution in [1.29, 1.82) is 0 Å². The summed E-state index contributed by atoms with van der Waals surface area (Å²) in [5.74, 6) is -0.374. The number of esters is 1. The van der Waals surface area contributed by atoms with Crippen molar-refractivity contribution in [3.05, 3.63) is 29.8 Å². The van der Waals surface area contributed by atoms with Gasteiger partial charge in [-0.3, -0.25) is 9.59 Å². The second kappa shape index (κ2) is 8.32. The summed E-state index contributed by atoms with van der Waals surface area (Å²) in [6.07, 6.45) is 1.63. The summed E-state index contributed by atoms with van der Waals surface area (Å²) in [4.78, 5) is 22.6. The molecule has 0 spiro atoms. The van der Waals surface area contributed by atoms with E-state index in [0.29, 0.717) is 6.54 Å². The zero-order chi connectivity index (χ0) is 15.0. The lowest BCUT2D eigenvalue weighted by Crippen LogP contribution is -2.21. The van der Waals surface area contributed by atoms with Crippen LogP contribution < -0.4 is 11.1 Å². The summed E-state index contributed by atoms with van der Waals surface area (Å²) < 4.78 is 4.89. The van der Waals surface area contributed by atoms with Gasteiger partial charge < -0.3 is 15.8 Å². The first-order chi connectivity index (χ1) is 9.52. The van der Waals surface area contributed by atoms with Crippen LogP contribution in [0.5, 0.6) is 0 Å². The molecule has 0 aliphatic rings. The number of amides is 1. The maximum Gasteiger partial charge on any atom is 0.302 e. The number of ether oxygens (including phenoxy) is 1. The third kappa shape index (κ3) is 5.84. The van der Waals surface area contributed by atoms with Crippen LogP contribution in [0.4, 0.5) is 5.69 Å². The minimum absolute atomic E-state index is 0.00816. The molecule has 0 radical (unpaired) electrons. The van der Waals surface area contributed by atoms with E-state index in [9.17, 15) is 9.59 Å². The van der Waals surface area contributed by atoms with E-state index in [4.69, 9.17) is 10.5 Å². The van der Waals surface area contributed by atoms with Crippen molar-refractivity contribution in [1.82, 2.24) is 0 Å². The molecule has 0 unspecified atom stereocenters. The highest BCUT2D eigenvalue weighted by Crippen LogP contribution is 2.13. The van der Waals surface area contributed by atoms with E-state index in [0.717, 1.165) is 24.1 Å². The Bertz CT molecular complexity index is 443. The molecule has 1 atom stereocenters. The predicted molar refractivity (Wildman–Crippen MR) is 78.0 cm³/mol. The molecule has 110 valence electrons. The third-order valence-electron chi connectivity index (χ3n) is 2.95. The van der Waals surface area contributed by atoms with Gasteiger partial charge in [-0.2, -0.15) is 0 Å². The zero-order valence-corrected chi connectivity index (χ0v) is 12.0. The highest BCUT2D eigenvalue weighted by atomic mass is 16.5. The van der Waals surface area contributed by atoms with E-state index in [1.807, 2.05) is 19.1 Å². The number of hydrogen-bond acceptors (Lipinski definition) is 4. The highest BCUT2D eigenvalue weighted by molar-refractivity contribution is 5.92. The largest absolute Gasteiger partial charge is 0.461 e. The summed E-state index contributed by atoms with van der Waals surface area (Å²) in [6, 6.07) is 7.24. The minimum Gasteiger partial charge on any atom is -0.461 e. The first kappa shape index (κ1) is 16.2. The van der Waals surface area contributed by atoms with Crippen LogP contribution in [-0.4, -0.2) is 18.4 Å². The van der Waals surface area contributed by atoms with Crippen molar-refractivity contribution in [3.8, 4) is 0 Å². The normalized spacial score (nSPS) is 11.8. The molecular weight excluding hydrogens is 256 g/mol. The average Bonchev–Trinajstić information content (AvgIpc) is 2.43. The number of anilines is 1. The van der Waals surface area contributed by atoms with Crippen molar-refractivity contribution in [2.45, 2.75) is 33.3 Å². The Morgan fingerprint density at radius 1 is 1.30 bits per heavy atom. The van der Waals surface area contributed by atoms with Crippen LogP contribution in [-0.2, 0) is 20.9 Å². The monoisotopic (exact) mass is 278 g/mol. The molecule has 0 saturated heterocycles. The van der Waals surface area contributed by atoms with Gasteiger partial charge in [0.25, 0.3) is 0 Å². The number of carbonyl (C=O) groups is 2. The molecule has 0 heterocycles. The number of hydrogen-bond donors (Lipinski definition) is 2. The lowest BCUT2D eigenvalue weighted by Gasteiger charge is -2.12. The van der Waals surface area contributed by atoms with E-state index >= 15 is 0 Å². The highest BCUT2D eigenvalue weighted by Gasteiger charge is 2.12. The summed E-state index contributed by atoms with van der Waals surface area (Å²) in [6.45, 7) is 4.11. The first-order valence-corrected chi connectivity index (χ1v) is 6.76. The molecule has 5 heteroatoms. The molecule has 1 rings (SSSR count). The van der Waals surface area contributed by atoms with Crippen molar-refractivity contribution < 1.29 is 14.3 Å². The summed E-state index contributed by atoms with van der Waals surface area (Å²) in [5, 5.41) is 2.86. The van der Waals surface area contributed by atoms with Gasteiger partial charge in [0.05, 0.1) is 0 Å². The van der Waals surface area contributed by atoms with Crippen LogP contribution >= 0.6 is 0 Å². The zero-order valence-electron chi connectivity index (χ0n) is 12.0. The molecule has 1 aromatic carbocycles. The van der Waals surface area contributed by atoms with Crippen LogP contribution in [0.25, 0.3) is 0 Å². The topological polar surface area (TPSA) is 81.4 Å². The van der Waals surface area contributed by atoms with Gasteiger partial charge in [-0.05, 0) is 37.1 Å². The second-order valence-electron chi connectivity index (χ2n) is 4.80. The molecule has 5 nitrogen and oxygen atoms in total. The Hall–Kier alpha value is -1.88. The smallest absolute Gasteiger partial charge is 0.302 e. The fourth-order valence-electron chi connectivity index (χ4n) is 1.69. The predicted octanol–water partition coefficient (Wildman–Crippen LogP) is 2.06. The van der Waals surface area contributed by atoms with Gasteiger partial charge in [0, 0.05) is 18.5 Å². The van der Waals surface area contributed by atoms with Gasteiger partial charge in [-0.15, -0.1) is 0 Å². The van der Waals surface area contributed by atoms with Crippen LogP contribution in [0.15, 0.2) is 24.3 Å². The molecule has 0 aliphatic carbocycles. The number of nitrogens with one attached hydrogen (secondary N) is 1. The SMILES string of the molecule is CC(=O)OCc1ccc(NC(=O)[C@@H](C)CCCN)cc1. The van der Waals surface area contributed by atoms with E-state index < -0.39 is 0 Å². The van der Waals surface area contributed by atoms with Gasteiger partial charge >= 0.3 is 5.97 Å². The molecule has 0 aromatic heterocycles. The molecule has 1 amide bonds. The Labute approximate surface area is 119 Å². The third-order valence-corrected chi connectivity index (χ3v) is 2.95. The van der Waals surface area contributed by atoms with Crippen molar-refractivity contribution >= 4 is 17.6 Å². The Balaban J connectivity index is 2.48. The molecule has 3 N–H and O–H groups in total. The van der Waals surface area contributed by atoms with Crippen molar-refractivity contribution in [3.63, 3.8) is 0 Å². The molecule has 0 fully saturated rings. The molecule has 20 heavy (non-hydrogen) atoms. The fourth-order valence-corrected chi connectivity index (χ4v) is 1.69. The van der Waals surface area contributed by atoms with Gasteiger partial charge in [-0.1, -0.05) is 19.1 Å². The van der Waals surface area contributed by atoms with E-state index in [-0.39, 0.29) is 24.4 Å². The average molecular weight is 278 g/mol. The summed E-state index contributed by atoms with van der Waals surface area (Å²) in [7, 11) is 0. The second-order valence-corrected chi connectivity index (χ2v) is 4.80. The van der Waals surface area contributed by atoms with Gasteiger partial charge in [-0.25, -0.2) is 0 Å². The minimum atomic E-state index is -0.309. The van der Waals surface area contributed by atoms with E-state index in [2.05, 4.69) is 5.32 Å². The van der Waals surface area contributed by atoms with Crippen LogP contribution in [0.1, 0.15) is 32.3 Å². The fraction of sp³-hybridized carbons (Fsp3) is 0.467. The number of benzene rings is 1. The standard InChI is InChI=1S/C15H22N2O3/c1-11(4-3-9-16)15(19)17-14-7-5-13(6-8-14)10-20-12(2)18/h5-8,11H,3-4,9-10,16H2,1-2H3,(H,17,19)/t11-/m0/s1. The van der Waals surface area contributed by atoms with Crippen LogP contribution in [0.2, 0.25) is 0 Å². The lowest BCUT2D eigenvalue weighted by molar-refractivity contribution is -0.142. The maximum atomic E-state index is 11.9. The molecule has 0 aliphatic heterocycles. The van der Waals surface area contributed by atoms with Gasteiger partial charge in [0.15, 0.2) is 0 Å². The number of carbonyl (C=O) groups excluding carboxylic acids is 2. The number of rotatable bonds is 7. The Kier molecular flexibility index (Phi) is 6.73. The Morgan fingerprint density at radius 2 is 1.95 bits per heavy atom. The molecule has 0 saturated carbocycles. The molecular formula is C15H22N2O3. The first-order valence-electron chi connectivity index (χ1n) is 6.76. The van der Waals surface area contributed by atoms with Crippen LogP contribution in [0, 0.1) is 5.92 Å². The van der Waals surface area contributed by atoms with Crippen LogP contribution in [0.3, 0.4) is 0 Å². The summed E-state index contributed by atoms with van der Waals surface area (Å²) in [5.41, 5.74) is 7.05.